The normalized spacial score (nSPS) is 10.3. The van der Waals surface area contributed by atoms with Gasteiger partial charge in [0.05, 0.1) is 27.0 Å². The molecule has 0 amide bonds. The van der Waals surface area contributed by atoms with Crippen molar-refractivity contribution in [2.24, 2.45) is 0 Å². The first-order chi connectivity index (χ1) is 9.78. The molecule has 6 nitrogen and oxygen atoms in total. The topological polar surface area (TPSA) is 65.8 Å². The second kappa shape index (κ2) is 6.81. The predicted octanol–water partition coefficient (Wildman–Crippen LogP) is 1.99. The maximum Gasteiger partial charge on any atom is 0.203 e. The number of rotatable bonds is 7. The Morgan fingerprint density at radius 2 is 1.75 bits per heavy atom. The van der Waals surface area contributed by atoms with E-state index in [1.54, 1.807) is 27.6 Å². The van der Waals surface area contributed by atoms with E-state index in [0.717, 1.165) is 11.3 Å². The van der Waals surface area contributed by atoms with Crippen LogP contribution in [0.25, 0.3) is 0 Å². The van der Waals surface area contributed by atoms with Gasteiger partial charge in [-0.2, -0.15) is 0 Å². The van der Waals surface area contributed by atoms with E-state index >= 15 is 0 Å². The van der Waals surface area contributed by atoms with Gasteiger partial charge in [0.25, 0.3) is 0 Å². The highest BCUT2D eigenvalue weighted by molar-refractivity contribution is 5.53. The summed E-state index contributed by atoms with van der Waals surface area (Å²) in [6, 6.07) is 3.83. The Morgan fingerprint density at radius 1 is 1.05 bits per heavy atom. The van der Waals surface area contributed by atoms with Crippen molar-refractivity contribution in [3.63, 3.8) is 0 Å². The van der Waals surface area contributed by atoms with Gasteiger partial charge in [0.2, 0.25) is 5.75 Å². The molecule has 1 heterocycles. The zero-order chi connectivity index (χ0) is 14.4. The van der Waals surface area contributed by atoms with E-state index in [1.165, 1.54) is 6.39 Å². The van der Waals surface area contributed by atoms with Crippen molar-refractivity contribution in [3.8, 4) is 17.2 Å². The largest absolute Gasteiger partial charge is 0.493 e. The predicted molar refractivity (Wildman–Crippen MR) is 73.1 cm³/mol. The molecule has 0 spiro atoms. The molecule has 0 saturated heterocycles. The Morgan fingerprint density at radius 3 is 2.25 bits per heavy atom. The number of nitrogens with one attached hydrogen (secondary N) is 1. The van der Waals surface area contributed by atoms with E-state index in [0.29, 0.717) is 30.3 Å². The molecule has 1 aromatic carbocycles. The van der Waals surface area contributed by atoms with Crippen LogP contribution in [0.2, 0.25) is 0 Å². The summed E-state index contributed by atoms with van der Waals surface area (Å²) in [5, 5.41) is 3.27. The van der Waals surface area contributed by atoms with Crippen molar-refractivity contribution < 1.29 is 18.6 Å². The zero-order valence-corrected chi connectivity index (χ0v) is 11.8. The summed E-state index contributed by atoms with van der Waals surface area (Å²) in [6.07, 6.45) is 3.03. The monoisotopic (exact) mass is 278 g/mol. The molecular formula is C14H18N2O4. The van der Waals surface area contributed by atoms with Crippen LogP contribution in [0.1, 0.15) is 11.3 Å². The molecule has 0 aliphatic heterocycles. The number of nitrogens with zero attached hydrogens (tertiary/aromatic N) is 1. The van der Waals surface area contributed by atoms with Crippen molar-refractivity contribution >= 4 is 0 Å². The summed E-state index contributed by atoms with van der Waals surface area (Å²) in [5.41, 5.74) is 1.89. The summed E-state index contributed by atoms with van der Waals surface area (Å²) in [5.74, 6) is 1.88. The molecule has 20 heavy (non-hydrogen) atoms. The molecular weight excluding hydrogens is 260 g/mol. The maximum absolute atomic E-state index is 5.31. The molecule has 6 heteroatoms. The Hall–Kier alpha value is -2.21. The lowest BCUT2D eigenvalue weighted by atomic mass is 10.1. The maximum atomic E-state index is 5.31. The van der Waals surface area contributed by atoms with Crippen molar-refractivity contribution in [2.75, 3.05) is 21.3 Å². The van der Waals surface area contributed by atoms with Crippen molar-refractivity contribution in [2.45, 2.75) is 13.1 Å². The highest BCUT2D eigenvalue weighted by Gasteiger charge is 2.12. The van der Waals surface area contributed by atoms with Crippen LogP contribution in [0.15, 0.2) is 29.2 Å². The Bertz CT molecular complexity index is 515. The van der Waals surface area contributed by atoms with Crippen molar-refractivity contribution in [1.29, 1.82) is 0 Å². The highest BCUT2D eigenvalue weighted by atomic mass is 16.5. The lowest BCUT2D eigenvalue weighted by Crippen LogP contribution is -2.13. The number of benzene rings is 1. The van der Waals surface area contributed by atoms with Crippen molar-refractivity contribution in [3.05, 3.63) is 36.0 Å². The van der Waals surface area contributed by atoms with Crippen LogP contribution in [0.5, 0.6) is 17.2 Å². The Balaban J connectivity index is 2.07. The second-order valence-corrected chi connectivity index (χ2v) is 4.12. The third-order valence-electron chi connectivity index (χ3n) is 2.84. The highest BCUT2D eigenvalue weighted by Crippen LogP contribution is 2.38. The molecule has 0 aliphatic rings. The summed E-state index contributed by atoms with van der Waals surface area (Å²) < 4.78 is 20.8. The number of ether oxygens (including phenoxy) is 3. The molecule has 0 atom stereocenters. The lowest BCUT2D eigenvalue weighted by Gasteiger charge is -2.14. The van der Waals surface area contributed by atoms with Crippen LogP contribution < -0.4 is 19.5 Å². The molecule has 1 aromatic heterocycles. The zero-order valence-electron chi connectivity index (χ0n) is 11.8. The number of oxazole rings is 1. The average Bonchev–Trinajstić information content (AvgIpc) is 2.99. The van der Waals surface area contributed by atoms with Gasteiger partial charge >= 0.3 is 0 Å². The number of methoxy groups -OCH3 is 3. The Kier molecular flexibility index (Phi) is 4.84. The summed E-state index contributed by atoms with van der Waals surface area (Å²) in [7, 11) is 4.79. The fourth-order valence-corrected chi connectivity index (χ4v) is 1.90. The SMILES string of the molecule is COc1cc(CNCc2cocn2)cc(OC)c1OC. The first-order valence-corrected chi connectivity index (χ1v) is 6.15. The fraction of sp³-hybridized carbons (Fsp3) is 0.357. The fourth-order valence-electron chi connectivity index (χ4n) is 1.90. The molecule has 108 valence electrons. The number of aromatic nitrogens is 1. The van der Waals surface area contributed by atoms with Crippen LogP contribution in [-0.4, -0.2) is 26.3 Å². The number of hydrogen-bond acceptors (Lipinski definition) is 6. The standard InChI is InChI=1S/C14H18N2O4/c1-17-12-4-10(5-13(18-2)14(12)19-3)6-15-7-11-8-20-9-16-11/h4-5,8-9,15H,6-7H2,1-3H3. The summed E-state index contributed by atoms with van der Waals surface area (Å²) in [6.45, 7) is 1.29. The van der Waals surface area contributed by atoms with Gasteiger partial charge in [-0.3, -0.25) is 0 Å². The van der Waals surface area contributed by atoms with E-state index in [9.17, 15) is 0 Å². The minimum atomic E-state index is 0.593. The van der Waals surface area contributed by atoms with Gasteiger partial charge in [-0.25, -0.2) is 4.98 Å². The molecule has 0 aliphatic carbocycles. The van der Waals surface area contributed by atoms with Crippen molar-refractivity contribution in [1.82, 2.24) is 10.3 Å². The molecule has 1 N–H and O–H groups in total. The minimum Gasteiger partial charge on any atom is -0.493 e. The van der Waals surface area contributed by atoms with E-state index in [4.69, 9.17) is 18.6 Å². The molecule has 2 rings (SSSR count). The average molecular weight is 278 g/mol. The van der Waals surface area contributed by atoms with Gasteiger partial charge in [-0.05, 0) is 17.7 Å². The third kappa shape index (κ3) is 3.21. The van der Waals surface area contributed by atoms with Crippen LogP contribution in [0.3, 0.4) is 0 Å². The molecule has 0 unspecified atom stereocenters. The van der Waals surface area contributed by atoms with Gasteiger partial charge in [0.15, 0.2) is 17.9 Å². The van der Waals surface area contributed by atoms with Gasteiger partial charge in [0, 0.05) is 13.1 Å². The second-order valence-electron chi connectivity index (χ2n) is 4.12. The van der Waals surface area contributed by atoms with E-state index in [1.807, 2.05) is 12.1 Å². The Labute approximate surface area is 117 Å². The van der Waals surface area contributed by atoms with E-state index in [2.05, 4.69) is 10.3 Å². The first-order valence-electron chi connectivity index (χ1n) is 6.15. The van der Waals surface area contributed by atoms with Crippen LogP contribution in [-0.2, 0) is 13.1 Å². The molecule has 2 aromatic rings. The molecule has 0 bridgehead atoms. The number of hydrogen-bond donors (Lipinski definition) is 1. The first kappa shape index (κ1) is 14.2. The van der Waals surface area contributed by atoms with Gasteiger partial charge < -0.3 is 23.9 Å². The molecule has 0 fully saturated rings. The van der Waals surface area contributed by atoms with E-state index in [-0.39, 0.29) is 0 Å². The van der Waals surface area contributed by atoms with Crippen LogP contribution in [0, 0.1) is 0 Å². The summed E-state index contributed by atoms with van der Waals surface area (Å²) in [4.78, 5) is 4.04. The molecule has 0 radical (unpaired) electrons. The van der Waals surface area contributed by atoms with E-state index < -0.39 is 0 Å². The van der Waals surface area contributed by atoms with Gasteiger partial charge in [-0.1, -0.05) is 0 Å². The smallest absolute Gasteiger partial charge is 0.203 e. The van der Waals surface area contributed by atoms with Gasteiger partial charge in [-0.15, -0.1) is 0 Å². The minimum absolute atomic E-state index is 0.593. The van der Waals surface area contributed by atoms with Gasteiger partial charge in [0.1, 0.15) is 6.26 Å². The lowest BCUT2D eigenvalue weighted by molar-refractivity contribution is 0.323. The quantitative estimate of drug-likeness (QED) is 0.835. The molecule has 0 saturated carbocycles. The van der Waals surface area contributed by atoms with Crippen LogP contribution >= 0.6 is 0 Å². The third-order valence-corrected chi connectivity index (χ3v) is 2.84. The van der Waals surface area contributed by atoms with Crippen LogP contribution in [0.4, 0.5) is 0 Å². The summed E-state index contributed by atoms with van der Waals surface area (Å²) >= 11 is 0.